The first-order valence-corrected chi connectivity index (χ1v) is 16.0. The second-order valence-corrected chi connectivity index (χ2v) is 11.8. The lowest BCUT2D eigenvalue weighted by molar-refractivity contribution is 1.41. The quantitative estimate of drug-likeness (QED) is 0.149. The maximum atomic E-state index is 2.37. The Kier molecular flexibility index (Phi) is 7.56. The highest BCUT2D eigenvalue weighted by molar-refractivity contribution is 7.99. The summed E-state index contributed by atoms with van der Waals surface area (Å²) in [5.41, 5.74) is 10.3. The van der Waals surface area contributed by atoms with E-state index in [0.29, 0.717) is 0 Å². The molecule has 6 aromatic carbocycles. The molecular formula is C38H32S2. The zero-order valence-corrected chi connectivity index (χ0v) is 25.0. The number of fused-ring (bicyclic) bond motifs is 2. The van der Waals surface area contributed by atoms with Crippen LogP contribution in [0.1, 0.15) is 22.3 Å². The molecule has 0 aromatic heterocycles. The van der Waals surface area contributed by atoms with Crippen LogP contribution in [0.25, 0.3) is 56.0 Å². The van der Waals surface area contributed by atoms with Crippen molar-refractivity contribution >= 4 is 57.2 Å². The Hall–Kier alpha value is -3.72. The Morgan fingerprint density at radius 1 is 0.475 bits per heavy atom. The molecule has 0 spiro atoms. The highest BCUT2D eigenvalue weighted by Crippen LogP contribution is 2.43. The minimum absolute atomic E-state index is 1.27. The molecule has 40 heavy (non-hydrogen) atoms. The van der Waals surface area contributed by atoms with Gasteiger partial charge in [-0.2, -0.15) is 0 Å². The van der Waals surface area contributed by atoms with Gasteiger partial charge in [-0.05, 0) is 105 Å². The van der Waals surface area contributed by atoms with E-state index in [4.69, 9.17) is 0 Å². The Morgan fingerprint density at radius 2 is 0.850 bits per heavy atom. The summed E-state index contributed by atoms with van der Waals surface area (Å²) in [6.45, 7) is 4.43. The number of hydrogen-bond acceptors (Lipinski definition) is 2. The normalized spacial score (nSPS) is 11.6. The van der Waals surface area contributed by atoms with E-state index in [0.717, 1.165) is 0 Å². The van der Waals surface area contributed by atoms with Gasteiger partial charge in [0.15, 0.2) is 0 Å². The first-order valence-electron chi connectivity index (χ1n) is 13.6. The van der Waals surface area contributed by atoms with Crippen LogP contribution in [0, 0.1) is 13.8 Å². The fourth-order valence-corrected chi connectivity index (χ4v) is 7.07. The van der Waals surface area contributed by atoms with Crippen LogP contribution in [0.2, 0.25) is 0 Å². The Morgan fingerprint density at radius 3 is 1.25 bits per heavy atom. The molecule has 0 aliphatic heterocycles. The predicted molar refractivity (Wildman–Crippen MR) is 181 cm³/mol. The molecule has 0 amide bonds. The van der Waals surface area contributed by atoms with Crippen molar-refractivity contribution < 1.29 is 0 Å². The summed E-state index contributed by atoms with van der Waals surface area (Å²) in [4.78, 5) is 2.58. The van der Waals surface area contributed by atoms with E-state index in [1.54, 1.807) is 0 Å². The first kappa shape index (κ1) is 26.5. The maximum absolute atomic E-state index is 2.37. The average Bonchev–Trinajstić information content (AvgIpc) is 2.99. The number of rotatable bonds is 6. The standard InChI is InChI=1S/C38H32S2/c1-25-13-5-9-17-29(25)37-31-19-11-7-15-27(31)23-35(39-3)33(37)21-22-34-36(40-4)24-28-16-8-12-20-32(28)38(34)30-18-10-6-14-26(30)2/h5-24H,1-4H3/b22-21+. The summed E-state index contributed by atoms with van der Waals surface area (Å²) in [5, 5.41) is 5.13. The lowest BCUT2D eigenvalue weighted by atomic mass is 9.88. The number of aryl methyl sites for hydroxylation is 2. The van der Waals surface area contributed by atoms with E-state index in [2.05, 4.69) is 148 Å². The van der Waals surface area contributed by atoms with Gasteiger partial charge < -0.3 is 0 Å². The third-order valence-electron chi connectivity index (χ3n) is 7.79. The molecule has 0 nitrogen and oxygen atoms in total. The molecule has 2 heteroatoms. The Bertz CT molecular complexity index is 1760. The summed E-state index contributed by atoms with van der Waals surface area (Å²) >= 11 is 3.64. The van der Waals surface area contributed by atoms with Crippen LogP contribution >= 0.6 is 23.5 Å². The van der Waals surface area contributed by atoms with Crippen molar-refractivity contribution in [2.45, 2.75) is 23.6 Å². The van der Waals surface area contributed by atoms with Gasteiger partial charge in [0.2, 0.25) is 0 Å². The van der Waals surface area contributed by atoms with Gasteiger partial charge in [0.05, 0.1) is 0 Å². The zero-order chi connectivity index (χ0) is 27.6. The molecule has 0 aliphatic rings. The fourth-order valence-electron chi connectivity index (χ4n) is 5.80. The molecule has 0 bridgehead atoms. The van der Waals surface area contributed by atoms with Gasteiger partial charge in [0, 0.05) is 9.79 Å². The van der Waals surface area contributed by atoms with E-state index in [9.17, 15) is 0 Å². The summed E-state index contributed by atoms with van der Waals surface area (Å²) in [6.07, 6.45) is 9.10. The van der Waals surface area contributed by atoms with Crippen molar-refractivity contribution in [3.05, 3.63) is 131 Å². The summed E-state index contributed by atoms with van der Waals surface area (Å²) < 4.78 is 0. The van der Waals surface area contributed by atoms with Crippen molar-refractivity contribution in [1.29, 1.82) is 0 Å². The van der Waals surface area contributed by atoms with E-state index in [1.165, 1.54) is 75.8 Å². The van der Waals surface area contributed by atoms with Crippen LogP contribution in [-0.4, -0.2) is 12.5 Å². The molecule has 6 aromatic rings. The van der Waals surface area contributed by atoms with Crippen molar-refractivity contribution in [3.8, 4) is 22.3 Å². The number of thioether (sulfide) groups is 2. The van der Waals surface area contributed by atoms with Crippen molar-refractivity contribution in [3.63, 3.8) is 0 Å². The number of benzene rings is 6. The molecule has 0 unspecified atom stereocenters. The van der Waals surface area contributed by atoms with Crippen LogP contribution in [0.15, 0.2) is 119 Å². The molecule has 0 saturated carbocycles. The van der Waals surface area contributed by atoms with Crippen molar-refractivity contribution in [2.24, 2.45) is 0 Å². The monoisotopic (exact) mass is 552 g/mol. The summed E-state index contributed by atoms with van der Waals surface area (Å²) in [7, 11) is 0. The van der Waals surface area contributed by atoms with E-state index in [1.807, 2.05) is 23.5 Å². The summed E-state index contributed by atoms with van der Waals surface area (Å²) in [6, 6.07) is 39.8. The molecule has 0 heterocycles. The molecule has 0 radical (unpaired) electrons. The fraction of sp³-hybridized carbons (Fsp3) is 0.105. The Balaban J connectivity index is 1.68. The van der Waals surface area contributed by atoms with Crippen molar-refractivity contribution in [2.75, 3.05) is 12.5 Å². The molecule has 0 fully saturated rings. The molecule has 196 valence electrons. The maximum Gasteiger partial charge on any atom is 0.0154 e. The third kappa shape index (κ3) is 4.76. The summed E-state index contributed by atoms with van der Waals surface area (Å²) in [5.74, 6) is 0. The molecule has 6 rings (SSSR count). The molecule has 0 atom stereocenters. The second-order valence-electron chi connectivity index (χ2n) is 10.1. The van der Waals surface area contributed by atoms with Gasteiger partial charge >= 0.3 is 0 Å². The van der Waals surface area contributed by atoms with Crippen molar-refractivity contribution in [1.82, 2.24) is 0 Å². The smallest absolute Gasteiger partial charge is 0.0154 e. The topological polar surface area (TPSA) is 0 Å². The van der Waals surface area contributed by atoms with Crippen LogP contribution < -0.4 is 0 Å². The Labute approximate surface area is 246 Å². The van der Waals surface area contributed by atoms with Gasteiger partial charge in [-0.3, -0.25) is 0 Å². The SMILES string of the molecule is CSc1cc2ccccc2c(-c2ccccc2C)c1/C=C/c1c(SC)cc2ccccc2c1-c1ccccc1C. The highest BCUT2D eigenvalue weighted by Gasteiger charge is 2.17. The molecule has 0 saturated heterocycles. The van der Waals surface area contributed by atoms with Crippen LogP contribution in [0.3, 0.4) is 0 Å². The van der Waals surface area contributed by atoms with Crippen LogP contribution in [-0.2, 0) is 0 Å². The predicted octanol–water partition coefficient (Wildman–Crippen LogP) is 11.6. The van der Waals surface area contributed by atoms with Gasteiger partial charge in [0.1, 0.15) is 0 Å². The number of hydrogen-bond donors (Lipinski definition) is 0. The average molecular weight is 553 g/mol. The van der Waals surface area contributed by atoms with E-state index < -0.39 is 0 Å². The minimum Gasteiger partial charge on any atom is -0.129 e. The van der Waals surface area contributed by atoms with Gasteiger partial charge in [-0.1, -0.05) is 109 Å². The van der Waals surface area contributed by atoms with Gasteiger partial charge in [-0.15, -0.1) is 23.5 Å². The van der Waals surface area contributed by atoms with E-state index >= 15 is 0 Å². The lowest BCUT2D eigenvalue weighted by Crippen LogP contribution is -1.94. The minimum atomic E-state index is 1.27. The lowest BCUT2D eigenvalue weighted by Gasteiger charge is -2.19. The molecule has 0 aliphatic carbocycles. The van der Waals surface area contributed by atoms with E-state index in [-0.39, 0.29) is 0 Å². The first-order chi connectivity index (χ1) is 19.6. The van der Waals surface area contributed by atoms with Gasteiger partial charge in [0.25, 0.3) is 0 Å². The molecular weight excluding hydrogens is 521 g/mol. The molecule has 0 N–H and O–H groups in total. The zero-order valence-electron chi connectivity index (χ0n) is 23.4. The largest absolute Gasteiger partial charge is 0.129 e. The second kappa shape index (κ2) is 11.4. The van der Waals surface area contributed by atoms with Crippen LogP contribution in [0.5, 0.6) is 0 Å². The third-order valence-corrected chi connectivity index (χ3v) is 9.34. The van der Waals surface area contributed by atoms with Gasteiger partial charge in [-0.25, -0.2) is 0 Å². The van der Waals surface area contributed by atoms with Crippen LogP contribution in [0.4, 0.5) is 0 Å². The highest BCUT2D eigenvalue weighted by atomic mass is 32.2.